The standard InChI is InChI=1S/C11H18N2O4/c1-17-11(16)7-12-9(14)8-13-6-4-2-3-5-10(13)15/h2-8H2,1H3,(H,12,14). The molecule has 1 heterocycles. The normalized spacial score (nSPS) is 16.3. The number of ether oxygens (including phenoxy) is 1. The van der Waals surface area contributed by atoms with Crippen LogP contribution in [0, 0.1) is 0 Å². The molecule has 0 aromatic heterocycles. The van der Waals surface area contributed by atoms with E-state index in [2.05, 4.69) is 10.1 Å². The summed E-state index contributed by atoms with van der Waals surface area (Å²) in [6.07, 6.45) is 3.34. The maximum atomic E-state index is 11.6. The Kier molecular flexibility index (Phi) is 5.45. The first-order valence-corrected chi connectivity index (χ1v) is 5.75. The fourth-order valence-electron chi connectivity index (χ4n) is 1.68. The number of carbonyl (C=O) groups excluding carboxylic acids is 3. The Morgan fingerprint density at radius 3 is 2.82 bits per heavy atom. The molecule has 6 heteroatoms. The molecule has 1 saturated heterocycles. The van der Waals surface area contributed by atoms with Gasteiger partial charge in [0, 0.05) is 13.0 Å². The van der Waals surface area contributed by atoms with Gasteiger partial charge in [0.05, 0.1) is 13.7 Å². The molecule has 17 heavy (non-hydrogen) atoms. The van der Waals surface area contributed by atoms with Crippen molar-refractivity contribution in [2.75, 3.05) is 26.7 Å². The van der Waals surface area contributed by atoms with Crippen LogP contribution in [0.5, 0.6) is 0 Å². The van der Waals surface area contributed by atoms with Gasteiger partial charge in [0.25, 0.3) is 0 Å². The molecule has 0 unspecified atom stereocenters. The topological polar surface area (TPSA) is 75.7 Å². The lowest BCUT2D eigenvalue weighted by molar-refractivity contribution is -0.141. The van der Waals surface area contributed by atoms with Crippen molar-refractivity contribution in [3.63, 3.8) is 0 Å². The summed E-state index contributed by atoms with van der Waals surface area (Å²) < 4.78 is 4.40. The van der Waals surface area contributed by atoms with Gasteiger partial charge in [-0.3, -0.25) is 14.4 Å². The van der Waals surface area contributed by atoms with Crippen molar-refractivity contribution < 1.29 is 19.1 Å². The van der Waals surface area contributed by atoms with Crippen molar-refractivity contribution in [2.45, 2.75) is 25.7 Å². The van der Waals surface area contributed by atoms with E-state index in [4.69, 9.17) is 0 Å². The number of nitrogens with one attached hydrogen (secondary N) is 1. The van der Waals surface area contributed by atoms with Crippen molar-refractivity contribution in [2.24, 2.45) is 0 Å². The van der Waals surface area contributed by atoms with Crippen LogP contribution in [0.4, 0.5) is 0 Å². The minimum atomic E-state index is -0.499. The zero-order valence-electron chi connectivity index (χ0n) is 10.0. The third kappa shape index (κ3) is 4.84. The number of rotatable bonds is 4. The molecule has 0 bridgehead atoms. The number of hydrogen-bond acceptors (Lipinski definition) is 4. The van der Waals surface area contributed by atoms with Crippen LogP contribution in [-0.2, 0) is 19.1 Å². The van der Waals surface area contributed by atoms with Crippen LogP contribution in [-0.4, -0.2) is 49.4 Å². The summed E-state index contributed by atoms with van der Waals surface area (Å²) in [5, 5.41) is 2.41. The average Bonchev–Trinajstić information content (AvgIpc) is 2.52. The lowest BCUT2D eigenvalue weighted by Gasteiger charge is -2.19. The first-order chi connectivity index (χ1) is 8.13. The van der Waals surface area contributed by atoms with Gasteiger partial charge in [0.1, 0.15) is 6.54 Å². The smallest absolute Gasteiger partial charge is 0.325 e. The van der Waals surface area contributed by atoms with Gasteiger partial charge in [0.15, 0.2) is 0 Å². The Labute approximate surface area is 100 Å². The Hall–Kier alpha value is -1.59. The maximum absolute atomic E-state index is 11.6. The molecule has 0 spiro atoms. The van der Waals surface area contributed by atoms with Crippen LogP contribution in [0.2, 0.25) is 0 Å². The number of esters is 1. The lowest BCUT2D eigenvalue weighted by Crippen LogP contribution is -2.42. The molecule has 0 saturated carbocycles. The van der Waals surface area contributed by atoms with Gasteiger partial charge >= 0.3 is 5.97 Å². The van der Waals surface area contributed by atoms with E-state index in [1.807, 2.05) is 0 Å². The summed E-state index contributed by atoms with van der Waals surface area (Å²) in [7, 11) is 1.26. The van der Waals surface area contributed by atoms with Crippen molar-refractivity contribution in [3.8, 4) is 0 Å². The Bertz CT molecular complexity index is 304. The SMILES string of the molecule is COC(=O)CNC(=O)CN1CCCCCC1=O. The van der Waals surface area contributed by atoms with Crippen LogP contribution >= 0.6 is 0 Å². The molecular weight excluding hydrogens is 224 g/mol. The number of hydrogen-bond donors (Lipinski definition) is 1. The first kappa shape index (κ1) is 13.5. The van der Waals surface area contributed by atoms with Gasteiger partial charge < -0.3 is 15.0 Å². The highest BCUT2D eigenvalue weighted by molar-refractivity contribution is 5.87. The molecule has 0 aromatic rings. The number of likely N-dealkylation sites (tertiary alicyclic amines) is 1. The summed E-state index contributed by atoms with van der Waals surface area (Å²) in [6, 6.07) is 0. The van der Waals surface area contributed by atoms with Gasteiger partial charge in [-0.15, -0.1) is 0 Å². The van der Waals surface area contributed by atoms with Gasteiger partial charge in [-0.05, 0) is 12.8 Å². The second kappa shape index (κ2) is 6.88. The van der Waals surface area contributed by atoms with Gasteiger partial charge in [-0.2, -0.15) is 0 Å². The van der Waals surface area contributed by atoms with E-state index >= 15 is 0 Å². The summed E-state index contributed by atoms with van der Waals surface area (Å²) in [6.45, 7) is 0.484. The summed E-state index contributed by atoms with van der Waals surface area (Å²) in [4.78, 5) is 35.4. The van der Waals surface area contributed by atoms with E-state index < -0.39 is 5.97 Å². The fourth-order valence-corrected chi connectivity index (χ4v) is 1.68. The molecule has 96 valence electrons. The molecule has 0 aliphatic carbocycles. The third-order valence-electron chi connectivity index (χ3n) is 2.66. The van der Waals surface area contributed by atoms with Crippen LogP contribution < -0.4 is 5.32 Å². The Balaban J connectivity index is 2.33. The van der Waals surface area contributed by atoms with E-state index in [-0.39, 0.29) is 24.9 Å². The molecule has 1 aliphatic heterocycles. The number of nitrogens with zero attached hydrogens (tertiary/aromatic N) is 1. The summed E-state index contributed by atoms with van der Waals surface area (Å²) in [5.41, 5.74) is 0. The maximum Gasteiger partial charge on any atom is 0.325 e. The molecule has 0 radical (unpaired) electrons. The van der Waals surface area contributed by atoms with Crippen LogP contribution in [0.1, 0.15) is 25.7 Å². The molecule has 0 aromatic carbocycles. The monoisotopic (exact) mass is 242 g/mol. The number of carbonyl (C=O) groups is 3. The van der Waals surface area contributed by atoms with Gasteiger partial charge in [-0.1, -0.05) is 6.42 Å². The third-order valence-corrected chi connectivity index (χ3v) is 2.66. The predicted octanol–water partition coefficient (Wildman–Crippen LogP) is -0.322. The van der Waals surface area contributed by atoms with E-state index in [1.165, 1.54) is 7.11 Å². The largest absolute Gasteiger partial charge is 0.468 e. The highest BCUT2D eigenvalue weighted by Crippen LogP contribution is 2.10. The highest BCUT2D eigenvalue weighted by atomic mass is 16.5. The second-order valence-corrected chi connectivity index (χ2v) is 3.98. The van der Waals surface area contributed by atoms with E-state index in [0.29, 0.717) is 13.0 Å². The quantitative estimate of drug-likeness (QED) is 0.685. The molecule has 2 amide bonds. The highest BCUT2D eigenvalue weighted by Gasteiger charge is 2.19. The number of amides is 2. The van der Waals surface area contributed by atoms with E-state index in [9.17, 15) is 14.4 Å². The molecule has 1 rings (SSSR count). The van der Waals surface area contributed by atoms with Crippen LogP contribution in [0.15, 0.2) is 0 Å². The summed E-state index contributed by atoms with van der Waals surface area (Å²) in [5.74, 6) is -0.818. The zero-order valence-corrected chi connectivity index (χ0v) is 10.0. The van der Waals surface area contributed by atoms with Crippen LogP contribution in [0.25, 0.3) is 0 Å². The first-order valence-electron chi connectivity index (χ1n) is 5.75. The Morgan fingerprint density at radius 2 is 2.12 bits per heavy atom. The van der Waals surface area contributed by atoms with E-state index in [0.717, 1.165) is 19.3 Å². The van der Waals surface area contributed by atoms with Gasteiger partial charge in [-0.25, -0.2) is 0 Å². The predicted molar refractivity (Wildman–Crippen MR) is 60.1 cm³/mol. The molecular formula is C11H18N2O4. The van der Waals surface area contributed by atoms with Crippen molar-refractivity contribution in [1.29, 1.82) is 0 Å². The minimum Gasteiger partial charge on any atom is -0.468 e. The number of methoxy groups -OCH3 is 1. The van der Waals surface area contributed by atoms with Crippen molar-refractivity contribution in [1.82, 2.24) is 10.2 Å². The molecule has 1 fully saturated rings. The average molecular weight is 242 g/mol. The molecule has 1 aliphatic rings. The lowest BCUT2D eigenvalue weighted by atomic mass is 10.2. The molecule has 0 atom stereocenters. The van der Waals surface area contributed by atoms with Crippen molar-refractivity contribution >= 4 is 17.8 Å². The minimum absolute atomic E-state index is 0.00992. The van der Waals surface area contributed by atoms with Crippen molar-refractivity contribution in [3.05, 3.63) is 0 Å². The van der Waals surface area contributed by atoms with Gasteiger partial charge in [0.2, 0.25) is 11.8 Å². The molecule has 1 N–H and O–H groups in total. The van der Waals surface area contributed by atoms with E-state index in [1.54, 1.807) is 4.90 Å². The summed E-state index contributed by atoms with van der Waals surface area (Å²) >= 11 is 0. The zero-order chi connectivity index (χ0) is 12.7. The fraction of sp³-hybridized carbons (Fsp3) is 0.727. The second-order valence-electron chi connectivity index (χ2n) is 3.98. The Morgan fingerprint density at radius 1 is 1.35 bits per heavy atom. The molecule has 6 nitrogen and oxygen atoms in total. The van der Waals surface area contributed by atoms with Crippen LogP contribution in [0.3, 0.4) is 0 Å².